The predicted octanol–water partition coefficient (Wildman–Crippen LogP) is 3.16. The summed E-state index contributed by atoms with van der Waals surface area (Å²) in [6.45, 7) is 4.94. The molecule has 0 N–H and O–H groups in total. The zero-order chi connectivity index (χ0) is 15.2. The van der Waals surface area contributed by atoms with Crippen LogP contribution >= 0.6 is 11.3 Å². The van der Waals surface area contributed by atoms with E-state index in [1.54, 1.807) is 11.3 Å². The minimum Gasteiger partial charge on any atom is -0.346 e. The molecule has 1 atom stereocenters. The van der Waals surface area contributed by atoms with Gasteiger partial charge in [-0.1, -0.05) is 35.5 Å². The minimum atomic E-state index is -0.238. The number of aromatic nitrogens is 1. The first-order valence-electron chi connectivity index (χ1n) is 7.61. The highest BCUT2D eigenvalue weighted by molar-refractivity contribution is 7.13. The number of thiazole rings is 1. The molecule has 22 heavy (non-hydrogen) atoms. The Morgan fingerprint density at radius 1 is 1.18 bits per heavy atom. The van der Waals surface area contributed by atoms with Crippen molar-refractivity contribution in [3.63, 3.8) is 0 Å². The van der Waals surface area contributed by atoms with Gasteiger partial charge in [0.1, 0.15) is 6.04 Å². The van der Waals surface area contributed by atoms with Crippen LogP contribution < -0.4 is 4.90 Å². The molecule has 5 nitrogen and oxygen atoms in total. The van der Waals surface area contributed by atoms with Crippen molar-refractivity contribution >= 4 is 16.5 Å². The van der Waals surface area contributed by atoms with Crippen LogP contribution in [-0.4, -0.2) is 42.6 Å². The second-order valence-corrected chi connectivity index (χ2v) is 6.34. The Labute approximate surface area is 134 Å². The van der Waals surface area contributed by atoms with E-state index in [-0.39, 0.29) is 6.04 Å². The molecule has 6 heteroatoms. The van der Waals surface area contributed by atoms with Gasteiger partial charge in [-0.15, -0.1) is 11.3 Å². The highest BCUT2D eigenvalue weighted by atomic mass is 32.1. The third-order valence-corrected chi connectivity index (χ3v) is 4.92. The summed E-state index contributed by atoms with van der Waals surface area (Å²) in [5.74, 6) is 0. The van der Waals surface area contributed by atoms with E-state index >= 15 is 0 Å². The normalized spacial score (nSPS) is 17.4. The Hall–Kier alpha value is -1.79. The Morgan fingerprint density at radius 2 is 1.95 bits per heavy atom. The maximum atomic E-state index is 11.1. The highest BCUT2D eigenvalue weighted by Crippen LogP contribution is 2.22. The molecule has 1 aromatic carbocycles. The quantitative estimate of drug-likeness (QED) is 0.768. The first-order valence-corrected chi connectivity index (χ1v) is 8.49. The smallest absolute Gasteiger partial charge is 0.185 e. The average Bonchev–Trinajstić information content (AvgIpc) is 3.11. The molecular weight excluding hydrogens is 296 g/mol. The molecule has 1 unspecified atom stereocenters. The number of hydrogen-bond acceptors (Lipinski definition) is 6. The van der Waals surface area contributed by atoms with Gasteiger partial charge in [0, 0.05) is 44.3 Å². The fourth-order valence-electron chi connectivity index (χ4n) is 2.80. The maximum Gasteiger partial charge on any atom is 0.185 e. The summed E-state index contributed by atoms with van der Waals surface area (Å²) < 4.78 is 0. The molecule has 0 radical (unpaired) electrons. The van der Waals surface area contributed by atoms with Crippen LogP contribution in [0.15, 0.2) is 47.1 Å². The van der Waals surface area contributed by atoms with Gasteiger partial charge in [-0.2, -0.15) is 4.91 Å². The Morgan fingerprint density at radius 3 is 2.59 bits per heavy atom. The van der Waals surface area contributed by atoms with Crippen molar-refractivity contribution in [2.75, 3.05) is 37.6 Å². The number of nitroso groups, excluding NO2 is 1. The summed E-state index contributed by atoms with van der Waals surface area (Å²) in [4.78, 5) is 20.2. The van der Waals surface area contributed by atoms with E-state index in [0.29, 0.717) is 0 Å². The Bertz CT molecular complexity index is 567. The molecule has 3 rings (SSSR count). The van der Waals surface area contributed by atoms with Gasteiger partial charge in [0.2, 0.25) is 0 Å². The van der Waals surface area contributed by atoms with E-state index in [1.165, 1.54) is 0 Å². The van der Waals surface area contributed by atoms with Crippen molar-refractivity contribution in [3.05, 3.63) is 52.4 Å². The number of hydrogen-bond donors (Lipinski definition) is 0. The first kappa shape index (κ1) is 15.1. The third kappa shape index (κ3) is 3.69. The van der Waals surface area contributed by atoms with Crippen molar-refractivity contribution in [1.82, 2.24) is 9.88 Å². The lowest BCUT2D eigenvalue weighted by atomic mass is 10.0. The molecule has 0 aliphatic carbocycles. The second kappa shape index (κ2) is 7.47. The van der Waals surface area contributed by atoms with E-state index in [9.17, 15) is 4.91 Å². The second-order valence-electron chi connectivity index (χ2n) is 5.46. The summed E-state index contributed by atoms with van der Waals surface area (Å²) in [7, 11) is 0. The molecule has 1 aromatic heterocycles. The lowest BCUT2D eigenvalue weighted by Crippen LogP contribution is -2.46. The van der Waals surface area contributed by atoms with Gasteiger partial charge in [-0.25, -0.2) is 4.98 Å². The summed E-state index contributed by atoms with van der Waals surface area (Å²) in [5, 5.41) is 6.43. The van der Waals surface area contributed by atoms with E-state index in [0.717, 1.165) is 49.8 Å². The van der Waals surface area contributed by atoms with Gasteiger partial charge in [0.05, 0.1) is 0 Å². The van der Waals surface area contributed by atoms with E-state index in [1.807, 2.05) is 41.9 Å². The molecular formula is C16H20N4OS. The van der Waals surface area contributed by atoms with Gasteiger partial charge < -0.3 is 4.90 Å². The van der Waals surface area contributed by atoms with Crippen LogP contribution in [0, 0.1) is 4.91 Å². The zero-order valence-electron chi connectivity index (χ0n) is 12.5. The van der Waals surface area contributed by atoms with Crippen LogP contribution in [0.1, 0.15) is 18.0 Å². The molecule has 1 saturated heterocycles. The highest BCUT2D eigenvalue weighted by Gasteiger charge is 2.20. The standard InChI is InChI=1S/C16H20N4OS/c21-18-15(14-4-2-1-3-5-14)6-8-19-9-11-20(12-10-19)16-17-7-13-22-16/h1-5,7,13,15H,6,8-12H2. The van der Waals surface area contributed by atoms with E-state index in [4.69, 9.17) is 0 Å². The van der Waals surface area contributed by atoms with Gasteiger partial charge in [-0.3, -0.25) is 4.90 Å². The van der Waals surface area contributed by atoms with Crippen LogP contribution in [0.4, 0.5) is 5.13 Å². The van der Waals surface area contributed by atoms with Crippen LogP contribution in [-0.2, 0) is 0 Å². The van der Waals surface area contributed by atoms with Crippen molar-refractivity contribution in [2.24, 2.45) is 5.18 Å². The van der Waals surface area contributed by atoms with Crippen molar-refractivity contribution in [2.45, 2.75) is 12.5 Å². The molecule has 0 saturated carbocycles. The number of nitrogens with zero attached hydrogens (tertiary/aromatic N) is 4. The average molecular weight is 316 g/mol. The summed E-state index contributed by atoms with van der Waals surface area (Å²) in [6, 6.07) is 9.60. The van der Waals surface area contributed by atoms with Crippen molar-refractivity contribution in [3.8, 4) is 0 Å². The molecule has 0 spiro atoms. The van der Waals surface area contributed by atoms with Crippen molar-refractivity contribution in [1.29, 1.82) is 0 Å². The van der Waals surface area contributed by atoms with Crippen LogP contribution in [0.3, 0.4) is 0 Å². The third-order valence-electron chi connectivity index (χ3n) is 4.09. The molecule has 2 aromatic rings. The van der Waals surface area contributed by atoms with E-state index in [2.05, 4.69) is 20.0 Å². The molecule has 0 amide bonds. The topological polar surface area (TPSA) is 48.8 Å². The van der Waals surface area contributed by atoms with Gasteiger partial charge in [0.15, 0.2) is 5.13 Å². The number of benzene rings is 1. The van der Waals surface area contributed by atoms with Crippen LogP contribution in [0.2, 0.25) is 0 Å². The largest absolute Gasteiger partial charge is 0.346 e. The molecule has 1 fully saturated rings. The Kier molecular flexibility index (Phi) is 5.13. The Balaban J connectivity index is 1.47. The summed E-state index contributed by atoms with van der Waals surface area (Å²) in [5.41, 5.74) is 1.01. The van der Waals surface area contributed by atoms with Crippen molar-refractivity contribution < 1.29 is 0 Å². The lowest BCUT2D eigenvalue weighted by molar-refractivity contribution is 0.248. The van der Waals surface area contributed by atoms with Gasteiger partial charge in [0.25, 0.3) is 0 Å². The number of piperazine rings is 1. The minimum absolute atomic E-state index is 0.238. The van der Waals surface area contributed by atoms with Crippen LogP contribution in [0.5, 0.6) is 0 Å². The number of rotatable bonds is 6. The summed E-state index contributed by atoms with van der Waals surface area (Å²) >= 11 is 1.69. The summed E-state index contributed by atoms with van der Waals surface area (Å²) in [6.07, 6.45) is 2.64. The molecule has 2 heterocycles. The van der Waals surface area contributed by atoms with E-state index < -0.39 is 0 Å². The maximum absolute atomic E-state index is 11.1. The molecule has 1 aliphatic heterocycles. The first-order chi connectivity index (χ1) is 10.9. The van der Waals surface area contributed by atoms with Gasteiger partial charge >= 0.3 is 0 Å². The molecule has 1 aliphatic rings. The predicted molar refractivity (Wildman–Crippen MR) is 90.4 cm³/mol. The fraction of sp³-hybridized carbons (Fsp3) is 0.438. The zero-order valence-corrected chi connectivity index (χ0v) is 13.3. The van der Waals surface area contributed by atoms with Crippen LogP contribution in [0.25, 0.3) is 0 Å². The monoisotopic (exact) mass is 316 g/mol. The molecule has 0 bridgehead atoms. The lowest BCUT2D eigenvalue weighted by Gasteiger charge is -2.34. The fourth-order valence-corrected chi connectivity index (χ4v) is 3.49. The van der Waals surface area contributed by atoms with Gasteiger partial charge in [-0.05, 0) is 12.0 Å². The number of anilines is 1. The molecule has 116 valence electrons. The SMILES string of the molecule is O=NC(CCN1CCN(c2nccs2)CC1)c1ccccc1.